The second-order valence-corrected chi connectivity index (χ2v) is 6.40. The molecule has 0 atom stereocenters. The Bertz CT molecular complexity index is 468. The van der Waals surface area contributed by atoms with Gasteiger partial charge in [0.2, 0.25) is 0 Å². The van der Waals surface area contributed by atoms with E-state index < -0.39 is 0 Å². The molecule has 112 valence electrons. The maximum atomic E-state index is 5.52. The monoisotopic (exact) mass is 341 g/mol. The lowest BCUT2D eigenvalue weighted by Crippen LogP contribution is -2.27. The Morgan fingerprint density at radius 3 is 2.35 bits per heavy atom. The summed E-state index contributed by atoms with van der Waals surface area (Å²) in [4.78, 5) is 0. The molecule has 1 saturated heterocycles. The van der Waals surface area contributed by atoms with Gasteiger partial charge in [-0.15, -0.1) is 0 Å². The van der Waals surface area contributed by atoms with Crippen LogP contribution < -0.4 is 14.8 Å². The Labute approximate surface area is 130 Å². The van der Waals surface area contributed by atoms with Crippen LogP contribution in [0, 0.1) is 0 Å². The fourth-order valence-corrected chi connectivity index (χ4v) is 4.09. The fourth-order valence-electron chi connectivity index (χ4n) is 3.04. The van der Waals surface area contributed by atoms with Gasteiger partial charge in [-0.1, -0.05) is 13.8 Å². The van der Waals surface area contributed by atoms with Gasteiger partial charge >= 0.3 is 0 Å². The summed E-state index contributed by atoms with van der Waals surface area (Å²) in [7, 11) is 3.39. The van der Waals surface area contributed by atoms with Crippen molar-refractivity contribution in [3.8, 4) is 11.5 Å². The molecular weight excluding hydrogens is 318 g/mol. The van der Waals surface area contributed by atoms with E-state index in [-0.39, 0.29) is 0 Å². The molecule has 3 nitrogen and oxygen atoms in total. The van der Waals surface area contributed by atoms with Gasteiger partial charge in [-0.2, -0.15) is 0 Å². The van der Waals surface area contributed by atoms with Crippen molar-refractivity contribution in [1.29, 1.82) is 0 Å². The minimum atomic E-state index is 0.453. The Hall–Kier alpha value is -0.740. The van der Waals surface area contributed by atoms with Crippen LogP contribution >= 0.6 is 15.9 Å². The number of rotatable bonds is 4. The first kappa shape index (κ1) is 15.6. The molecule has 0 aromatic heterocycles. The smallest absolute Gasteiger partial charge is 0.175 e. The Morgan fingerprint density at radius 2 is 1.85 bits per heavy atom. The molecule has 4 heteroatoms. The van der Waals surface area contributed by atoms with E-state index in [9.17, 15) is 0 Å². The molecule has 2 rings (SSSR count). The molecule has 1 fully saturated rings. The maximum absolute atomic E-state index is 5.52. The first-order chi connectivity index (χ1) is 9.60. The molecular formula is C16H24BrNO2. The highest BCUT2D eigenvalue weighted by atomic mass is 79.9. The summed E-state index contributed by atoms with van der Waals surface area (Å²) in [5, 5.41) is 3.43. The molecule has 0 spiro atoms. The lowest BCUT2D eigenvalue weighted by molar-refractivity contribution is 0.350. The van der Waals surface area contributed by atoms with Gasteiger partial charge in [0.25, 0.3) is 0 Å². The quantitative estimate of drug-likeness (QED) is 0.895. The third-order valence-corrected chi connectivity index (χ3v) is 4.82. The Morgan fingerprint density at radius 1 is 1.20 bits per heavy atom. The third kappa shape index (κ3) is 2.96. The highest BCUT2D eigenvalue weighted by molar-refractivity contribution is 9.10. The van der Waals surface area contributed by atoms with Crippen LogP contribution in [0.5, 0.6) is 11.5 Å². The highest BCUT2D eigenvalue weighted by Gasteiger charge is 2.25. The first-order valence-electron chi connectivity index (χ1n) is 7.25. The predicted octanol–water partition coefficient (Wildman–Crippen LogP) is 4.06. The van der Waals surface area contributed by atoms with Crippen molar-refractivity contribution in [1.82, 2.24) is 5.32 Å². The van der Waals surface area contributed by atoms with E-state index in [2.05, 4.69) is 41.2 Å². The maximum Gasteiger partial charge on any atom is 0.175 e. The van der Waals surface area contributed by atoms with Gasteiger partial charge < -0.3 is 14.8 Å². The van der Waals surface area contributed by atoms with Gasteiger partial charge in [0.05, 0.1) is 18.7 Å². The molecule has 0 saturated carbocycles. The van der Waals surface area contributed by atoms with E-state index in [4.69, 9.17) is 9.47 Å². The lowest BCUT2D eigenvalue weighted by atomic mass is 9.83. The van der Waals surface area contributed by atoms with Crippen molar-refractivity contribution >= 4 is 15.9 Å². The Balaban J connectivity index is 2.55. The molecule has 1 heterocycles. The number of piperidine rings is 1. The molecule has 1 aliphatic heterocycles. The molecule has 0 bridgehead atoms. The van der Waals surface area contributed by atoms with Gasteiger partial charge in [0, 0.05) is 0 Å². The predicted molar refractivity (Wildman–Crippen MR) is 86.2 cm³/mol. The van der Waals surface area contributed by atoms with Gasteiger partial charge in [-0.05, 0) is 70.9 Å². The summed E-state index contributed by atoms with van der Waals surface area (Å²) in [5.41, 5.74) is 2.76. The largest absolute Gasteiger partial charge is 0.493 e. The van der Waals surface area contributed by atoms with E-state index in [1.165, 1.54) is 24.0 Å². The summed E-state index contributed by atoms with van der Waals surface area (Å²) < 4.78 is 12.1. The standard InChI is InChI=1S/C16H24BrNO2/c1-10(2)14-12(11-5-7-18-8-6-11)9-13(19-3)16(20-4)15(14)17/h9-11,18H,5-8H2,1-4H3. The second-order valence-electron chi connectivity index (χ2n) is 5.61. The van der Waals surface area contributed by atoms with Crippen LogP contribution in [-0.4, -0.2) is 27.3 Å². The molecule has 0 unspecified atom stereocenters. The first-order valence-corrected chi connectivity index (χ1v) is 8.04. The van der Waals surface area contributed by atoms with E-state index in [0.717, 1.165) is 29.1 Å². The summed E-state index contributed by atoms with van der Waals surface area (Å²) in [6.07, 6.45) is 2.36. The summed E-state index contributed by atoms with van der Waals surface area (Å²) in [6.45, 7) is 6.65. The zero-order chi connectivity index (χ0) is 14.7. The van der Waals surface area contributed by atoms with Gasteiger partial charge in [-0.3, -0.25) is 0 Å². The van der Waals surface area contributed by atoms with Crippen LogP contribution in [0.15, 0.2) is 10.5 Å². The summed E-state index contributed by atoms with van der Waals surface area (Å²) >= 11 is 3.73. The normalized spacial score (nSPS) is 16.5. The van der Waals surface area contributed by atoms with Crippen LogP contribution in [-0.2, 0) is 0 Å². The van der Waals surface area contributed by atoms with E-state index in [1.807, 2.05) is 0 Å². The van der Waals surface area contributed by atoms with E-state index in [1.54, 1.807) is 14.2 Å². The number of benzene rings is 1. The fraction of sp³-hybridized carbons (Fsp3) is 0.625. The van der Waals surface area contributed by atoms with E-state index in [0.29, 0.717) is 11.8 Å². The zero-order valence-electron chi connectivity index (χ0n) is 12.8. The van der Waals surface area contributed by atoms with Crippen molar-refractivity contribution in [2.24, 2.45) is 0 Å². The second kappa shape index (κ2) is 6.81. The topological polar surface area (TPSA) is 30.5 Å². The van der Waals surface area contributed by atoms with Crippen LogP contribution in [0.3, 0.4) is 0 Å². The zero-order valence-corrected chi connectivity index (χ0v) is 14.3. The average Bonchev–Trinajstić information content (AvgIpc) is 2.46. The number of methoxy groups -OCH3 is 2. The van der Waals surface area contributed by atoms with Crippen molar-refractivity contribution < 1.29 is 9.47 Å². The third-order valence-electron chi connectivity index (χ3n) is 4.04. The van der Waals surface area contributed by atoms with Crippen molar-refractivity contribution in [2.45, 2.75) is 38.5 Å². The average molecular weight is 342 g/mol. The lowest BCUT2D eigenvalue weighted by Gasteiger charge is -2.28. The minimum absolute atomic E-state index is 0.453. The van der Waals surface area contributed by atoms with Gasteiger partial charge in [0.15, 0.2) is 11.5 Å². The summed E-state index contributed by atoms with van der Waals surface area (Å²) in [6, 6.07) is 2.18. The summed E-state index contributed by atoms with van der Waals surface area (Å²) in [5.74, 6) is 2.67. The number of nitrogens with one attached hydrogen (secondary N) is 1. The van der Waals surface area contributed by atoms with Crippen molar-refractivity contribution in [2.75, 3.05) is 27.3 Å². The van der Waals surface area contributed by atoms with Crippen LogP contribution in [0.2, 0.25) is 0 Å². The number of ether oxygens (including phenoxy) is 2. The van der Waals surface area contributed by atoms with Crippen molar-refractivity contribution in [3.63, 3.8) is 0 Å². The highest BCUT2D eigenvalue weighted by Crippen LogP contribution is 2.46. The van der Waals surface area contributed by atoms with Crippen LogP contribution in [0.25, 0.3) is 0 Å². The van der Waals surface area contributed by atoms with Gasteiger partial charge in [0.1, 0.15) is 0 Å². The molecule has 1 aromatic rings. The van der Waals surface area contributed by atoms with Crippen LogP contribution in [0.4, 0.5) is 0 Å². The molecule has 0 radical (unpaired) electrons. The molecule has 1 N–H and O–H groups in total. The van der Waals surface area contributed by atoms with E-state index >= 15 is 0 Å². The molecule has 20 heavy (non-hydrogen) atoms. The Kier molecular flexibility index (Phi) is 5.33. The number of hydrogen-bond donors (Lipinski definition) is 1. The van der Waals surface area contributed by atoms with Crippen LogP contribution in [0.1, 0.15) is 49.7 Å². The molecule has 0 amide bonds. The van der Waals surface area contributed by atoms with Gasteiger partial charge in [-0.25, -0.2) is 0 Å². The number of halogens is 1. The number of hydrogen-bond acceptors (Lipinski definition) is 3. The van der Waals surface area contributed by atoms with Crippen molar-refractivity contribution in [3.05, 3.63) is 21.7 Å². The molecule has 0 aliphatic carbocycles. The molecule has 1 aliphatic rings. The molecule has 1 aromatic carbocycles. The SMILES string of the molecule is COc1cc(C2CCNCC2)c(C(C)C)c(Br)c1OC. The minimum Gasteiger partial charge on any atom is -0.493 e.